The van der Waals surface area contributed by atoms with Gasteiger partial charge in [-0.05, 0) is 43.7 Å². The van der Waals surface area contributed by atoms with Gasteiger partial charge in [0, 0.05) is 17.8 Å². The zero-order valence-corrected chi connectivity index (χ0v) is 15.9. The van der Waals surface area contributed by atoms with Gasteiger partial charge in [-0.2, -0.15) is 0 Å². The molecule has 0 aliphatic heterocycles. The molecule has 7 heteroatoms. The minimum absolute atomic E-state index is 0.228. The summed E-state index contributed by atoms with van der Waals surface area (Å²) >= 11 is 0. The summed E-state index contributed by atoms with van der Waals surface area (Å²) in [7, 11) is 0. The van der Waals surface area contributed by atoms with Crippen molar-refractivity contribution >= 4 is 23.5 Å². The van der Waals surface area contributed by atoms with Crippen LogP contribution in [-0.2, 0) is 14.3 Å². The molecule has 0 saturated carbocycles. The zero-order valence-electron chi connectivity index (χ0n) is 15.9. The highest BCUT2D eigenvalue weighted by molar-refractivity contribution is 5.97. The summed E-state index contributed by atoms with van der Waals surface area (Å²) in [6.45, 7) is 3.68. The number of rotatable bonds is 9. The Bertz CT molecular complexity index is 807. The van der Waals surface area contributed by atoms with Gasteiger partial charge >= 0.3 is 5.97 Å². The van der Waals surface area contributed by atoms with E-state index in [2.05, 4.69) is 10.6 Å². The molecule has 0 spiro atoms. The fraction of sp³-hybridized carbons (Fsp3) is 0.286. The molecule has 0 aliphatic carbocycles. The number of carbonyl (C=O) groups excluding carboxylic acids is 3. The highest BCUT2D eigenvalue weighted by Crippen LogP contribution is 2.14. The molecule has 2 aromatic carbocycles. The second-order valence-electron chi connectivity index (χ2n) is 5.92. The van der Waals surface area contributed by atoms with Gasteiger partial charge in [-0.15, -0.1) is 0 Å². The van der Waals surface area contributed by atoms with Gasteiger partial charge in [0.2, 0.25) is 0 Å². The minimum Gasteiger partial charge on any atom is -0.479 e. The molecule has 0 radical (unpaired) electrons. The van der Waals surface area contributed by atoms with Crippen LogP contribution in [0.3, 0.4) is 0 Å². The summed E-state index contributed by atoms with van der Waals surface area (Å²) in [5, 5.41) is 5.29. The van der Waals surface area contributed by atoms with Crippen LogP contribution in [0.5, 0.6) is 5.75 Å². The molecule has 0 unspecified atom stereocenters. The molecule has 1 atom stereocenters. The Hall–Kier alpha value is -3.35. The monoisotopic (exact) mass is 384 g/mol. The Morgan fingerprint density at radius 1 is 1.00 bits per heavy atom. The quantitative estimate of drug-likeness (QED) is 0.649. The zero-order chi connectivity index (χ0) is 20.4. The molecule has 0 aromatic heterocycles. The summed E-state index contributed by atoms with van der Waals surface area (Å²) in [4.78, 5) is 36.1. The fourth-order valence-corrected chi connectivity index (χ4v) is 2.39. The molecule has 148 valence electrons. The third kappa shape index (κ3) is 6.42. The molecule has 2 aromatic rings. The predicted octanol–water partition coefficient (Wildman–Crippen LogP) is 2.78. The number of esters is 1. The lowest BCUT2D eigenvalue weighted by atomic mass is 10.2. The average Bonchev–Trinajstić information content (AvgIpc) is 2.71. The Kier molecular flexibility index (Phi) is 8.02. The van der Waals surface area contributed by atoms with Gasteiger partial charge in [-0.1, -0.05) is 31.2 Å². The first-order valence-corrected chi connectivity index (χ1v) is 9.10. The summed E-state index contributed by atoms with van der Waals surface area (Å²) < 4.78 is 10.7. The second-order valence-corrected chi connectivity index (χ2v) is 5.92. The number of ether oxygens (including phenoxy) is 2. The van der Waals surface area contributed by atoms with E-state index >= 15 is 0 Å². The number of anilines is 1. The number of hydrogen-bond donors (Lipinski definition) is 2. The number of hydrogen-bond acceptors (Lipinski definition) is 5. The van der Waals surface area contributed by atoms with Crippen LogP contribution in [-0.4, -0.2) is 37.0 Å². The maximum Gasteiger partial charge on any atom is 0.347 e. The molecule has 0 fully saturated rings. The van der Waals surface area contributed by atoms with Crippen molar-refractivity contribution in [1.82, 2.24) is 5.32 Å². The Morgan fingerprint density at radius 3 is 2.43 bits per heavy atom. The summed E-state index contributed by atoms with van der Waals surface area (Å²) in [5.41, 5.74) is 0.872. The van der Waals surface area contributed by atoms with E-state index in [0.29, 0.717) is 30.0 Å². The highest BCUT2D eigenvalue weighted by Gasteiger charge is 2.21. The molecule has 2 amide bonds. The first kappa shape index (κ1) is 21.0. The molecular weight excluding hydrogens is 360 g/mol. The topological polar surface area (TPSA) is 93.7 Å². The van der Waals surface area contributed by atoms with Crippen molar-refractivity contribution in [2.75, 3.05) is 18.5 Å². The molecule has 2 N–H and O–H groups in total. The molecule has 2 rings (SSSR count). The predicted molar refractivity (Wildman–Crippen MR) is 105 cm³/mol. The standard InChI is InChI=1S/C21H24N2O5/c1-3-18(28-17-11-6-5-7-12-17)21(26)27-14-19(24)23-16-10-8-9-15(13-16)20(25)22-4-2/h5-13,18H,3-4,14H2,1-2H3,(H,22,25)(H,23,24)/t18-/m0/s1. The van der Waals surface area contributed by atoms with E-state index in [1.807, 2.05) is 13.0 Å². The van der Waals surface area contributed by atoms with E-state index in [1.54, 1.807) is 55.5 Å². The molecule has 0 saturated heterocycles. The summed E-state index contributed by atoms with van der Waals surface area (Å²) in [5.74, 6) is -0.791. The van der Waals surface area contributed by atoms with Crippen molar-refractivity contribution in [2.24, 2.45) is 0 Å². The van der Waals surface area contributed by atoms with E-state index in [1.165, 1.54) is 0 Å². The maximum absolute atomic E-state index is 12.2. The summed E-state index contributed by atoms with van der Waals surface area (Å²) in [6, 6.07) is 15.4. The molecule has 0 aliphatic rings. The lowest BCUT2D eigenvalue weighted by Gasteiger charge is -2.16. The maximum atomic E-state index is 12.2. The van der Waals surface area contributed by atoms with Crippen molar-refractivity contribution in [3.8, 4) is 5.75 Å². The Balaban J connectivity index is 1.86. The van der Waals surface area contributed by atoms with Gasteiger partial charge in [0.25, 0.3) is 11.8 Å². The van der Waals surface area contributed by atoms with Crippen molar-refractivity contribution in [3.63, 3.8) is 0 Å². The van der Waals surface area contributed by atoms with Gasteiger partial charge in [0.05, 0.1) is 0 Å². The van der Waals surface area contributed by atoms with Crippen molar-refractivity contribution in [2.45, 2.75) is 26.4 Å². The van der Waals surface area contributed by atoms with Crippen LogP contribution in [0.2, 0.25) is 0 Å². The lowest BCUT2D eigenvalue weighted by Crippen LogP contribution is -2.31. The fourth-order valence-electron chi connectivity index (χ4n) is 2.39. The van der Waals surface area contributed by atoms with Crippen LogP contribution in [0, 0.1) is 0 Å². The van der Waals surface area contributed by atoms with Crippen LogP contribution < -0.4 is 15.4 Å². The SMILES string of the molecule is CCNC(=O)c1cccc(NC(=O)COC(=O)[C@H](CC)Oc2ccccc2)c1. The summed E-state index contributed by atoms with van der Waals surface area (Å²) in [6.07, 6.45) is -0.388. The molecule has 0 bridgehead atoms. The Labute approximate surface area is 164 Å². The van der Waals surface area contributed by atoms with Gasteiger partial charge in [0.1, 0.15) is 5.75 Å². The third-order valence-corrected chi connectivity index (χ3v) is 3.75. The van der Waals surface area contributed by atoms with E-state index in [9.17, 15) is 14.4 Å². The largest absolute Gasteiger partial charge is 0.479 e. The van der Waals surface area contributed by atoms with Crippen molar-refractivity contribution in [3.05, 3.63) is 60.2 Å². The van der Waals surface area contributed by atoms with E-state index in [-0.39, 0.29) is 5.91 Å². The lowest BCUT2D eigenvalue weighted by molar-refractivity contribution is -0.154. The number of carbonyl (C=O) groups is 3. The van der Waals surface area contributed by atoms with Crippen LogP contribution in [0.15, 0.2) is 54.6 Å². The van der Waals surface area contributed by atoms with Crippen LogP contribution >= 0.6 is 0 Å². The normalized spacial score (nSPS) is 11.2. The van der Waals surface area contributed by atoms with Gasteiger partial charge in [0.15, 0.2) is 12.7 Å². The number of nitrogens with one attached hydrogen (secondary N) is 2. The van der Waals surface area contributed by atoms with E-state index in [4.69, 9.17) is 9.47 Å². The average molecular weight is 384 g/mol. The Morgan fingerprint density at radius 2 is 1.75 bits per heavy atom. The van der Waals surface area contributed by atoms with Crippen LogP contribution in [0.4, 0.5) is 5.69 Å². The molecule has 7 nitrogen and oxygen atoms in total. The van der Waals surface area contributed by atoms with Crippen LogP contribution in [0.25, 0.3) is 0 Å². The van der Waals surface area contributed by atoms with Gasteiger partial charge < -0.3 is 20.1 Å². The molecule has 28 heavy (non-hydrogen) atoms. The smallest absolute Gasteiger partial charge is 0.347 e. The number of amides is 2. The third-order valence-electron chi connectivity index (χ3n) is 3.75. The van der Waals surface area contributed by atoms with E-state index in [0.717, 1.165) is 0 Å². The van der Waals surface area contributed by atoms with Crippen molar-refractivity contribution in [1.29, 1.82) is 0 Å². The number of benzene rings is 2. The first-order valence-electron chi connectivity index (χ1n) is 9.10. The molecule has 0 heterocycles. The van der Waals surface area contributed by atoms with Gasteiger partial charge in [-0.25, -0.2) is 4.79 Å². The van der Waals surface area contributed by atoms with E-state index < -0.39 is 24.6 Å². The van der Waals surface area contributed by atoms with Crippen LogP contribution in [0.1, 0.15) is 30.6 Å². The first-order chi connectivity index (χ1) is 13.5. The second kappa shape index (κ2) is 10.7. The van der Waals surface area contributed by atoms with Crippen molar-refractivity contribution < 1.29 is 23.9 Å². The minimum atomic E-state index is -0.795. The molecular formula is C21H24N2O5. The van der Waals surface area contributed by atoms with Gasteiger partial charge in [-0.3, -0.25) is 9.59 Å². The number of para-hydroxylation sites is 1. The highest BCUT2D eigenvalue weighted by atomic mass is 16.6.